The molecule has 25 heavy (non-hydrogen) atoms. The molecule has 1 aliphatic heterocycles. The second-order valence-electron chi connectivity index (χ2n) is 6.63. The van der Waals surface area contributed by atoms with Crippen LogP contribution in [0.2, 0.25) is 5.02 Å². The molecule has 1 heterocycles. The minimum Gasteiger partial charge on any atom is -0.379 e. The molecule has 0 aromatic heterocycles. The molecule has 1 aromatic carbocycles. The van der Waals surface area contributed by atoms with Crippen LogP contribution >= 0.6 is 35.6 Å². The standard InChI is InChI=1S/C18H27ClN4O.HI/c1-13-11-16(13)22-18(20-2)21-12-17(23-7-9-24-10-8-23)14-3-5-15(19)6-4-14;/h3-6,13,16-17H,7-12H2,1-2H3,(H2,20,21,22);1H. The molecule has 1 saturated heterocycles. The summed E-state index contributed by atoms with van der Waals surface area (Å²) in [4.78, 5) is 6.82. The van der Waals surface area contributed by atoms with Crippen LogP contribution < -0.4 is 10.6 Å². The van der Waals surface area contributed by atoms with Crippen LogP contribution in [0.4, 0.5) is 0 Å². The zero-order chi connectivity index (χ0) is 16.9. The Labute approximate surface area is 172 Å². The molecule has 7 heteroatoms. The van der Waals surface area contributed by atoms with Crippen LogP contribution in [0.1, 0.15) is 24.9 Å². The highest BCUT2D eigenvalue weighted by Gasteiger charge is 2.33. The number of benzene rings is 1. The summed E-state index contributed by atoms with van der Waals surface area (Å²) in [5.74, 6) is 1.63. The number of guanidine groups is 1. The molecule has 0 radical (unpaired) electrons. The van der Waals surface area contributed by atoms with E-state index in [9.17, 15) is 0 Å². The summed E-state index contributed by atoms with van der Waals surface area (Å²) in [6, 6.07) is 8.99. The highest BCUT2D eigenvalue weighted by molar-refractivity contribution is 14.0. The lowest BCUT2D eigenvalue weighted by Gasteiger charge is -2.35. The Balaban J connectivity index is 0.00000225. The summed E-state index contributed by atoms with van der Waals surface area (Å²) in [5, 5.41) is 7.75. The molecule has 2 fully saturated rings. The Morgan fingerprint density at radius 1 is 1.32 bits per heavy atom. The molecule has 3 atom stereocenters. The smallest absolute Gasteiger partial charge is 0.191 e. The fourth-order valence-corrected chi connectivity index (χ4v) is 3.24. The third-order valence-corrected chi connectivity index (χ3v) is 5.11. The Hall–Kier alpha value is -0.570. The molecule has 1 saturated carbocycles. The lowest BCUT2D eigenvalue weighted by molar-refractivity contribution is 0.0170. The van der Waals surface area contributed by atoms with Gasteiger partial charge in [0.2, 0.25) is 0 Å². The van der Waals surface area contributed by atoms with Crippen LogP contribution in [0.25, 0.3) is 0 Å². The summed E-state index contributed by atoms with van der Waals surface area (Å²) < 4.78 is 5.51. The van der Waals surface area contributed by atoms with Gasteiger partial charge >= 0.3 is 0 Å². The number of ether oxygens (including phenoxy) is 1. The van der Waals surface area contributed by atoms with E-state index in [0.717, 1.165) is 49.7 Å². The van der Waals surface area contributed by atoms with Crippen molar-refractivity contribution >= 4 is 41.5 Å². The summed E-state index contributed by atoms with van der Waals surface area (Å²) >= 11 is 6.05. The maximum absolute atomic E-state index is 6.05. The van der Waals surface area contributed by atoms with Crippen LogP contribution in [0.5, 0.6) is 0 Å². The van der Waals surface area contributed by atoms with E-state index in [1.54, 1.807) is 0 Å². The third kappa shape index (κ3) is 5.98. The molecule has 140 valence electrons. The predicted molar refractivity (Wildman–Crippen MR) is 114 cm³/mol. The van der Waals surface area contributed by atoms with Crippen molar-refractivity contribution in [1.82, 2.24) is 15.5 Å². The number of nitrogens with zero attached hydrogens (tertiary/aromatic N) is 2. The van der Waals surface area contributed by atoms with Crippen LogP contribution in [0, 0.1) is 5.92 Å². The van der Waals surface area contributed by atoms with Crippen LogP contribution in [0.15, 0.2) is 29.3 Å². The first-order valence-corrected chi connectivity index (χ1v) is 9.09. The van der Waals surface area contributed by atoms with E-state index in [2.05, 4.69) is 39.6 Å². The van der Waals surface area contributed by atoms with Gasteiger partial charge in [0.25, 0.3) is 0 Å². The molecule has 3 unspecified atom stereocenters. The van der Waals surface area contributed by atoms with Crippen molar-refractivity contribution in [2.45, 2.75) is 25.4 Å². The quantitative estimate of drug-likeness (QED) is 0.388. The summed E-state index contributed by atoms with van der Waals surface area (Å²) in [6.07, 6.45) is 1.23. The van der Waals surface area contributed by atoms with E-state index in [1.807, 2.05) is 19.2 Å². The number of halogens is 2. The van der Waals surface area contributed by atoms with Gasteiger partial charge in [-0.15, -0.1) is 24.0 Å². The lowest BCUT2D eigenvalue weighted by Crippen LogP contribution is -2.46. The molecule has 2 N–H and O–H groups in total. The zero-order valence-corrected chi connectivity index (χ0v) is 18.0. The van der Waals surface area contributed by atoms with E-state index in [1.165, 1.54) is 12.0 Å². The lowest BCUT2D eigenvalue weighted by atomic mass is 10.0. The molecule has 5 nitrogen and oxygen atoms in total. The third-order valence-electron chi connectivity index (χ3n) is 4.86. The van der Waals surface area contributed by atoms with Crippen LogP contribution in [0.3, 0.4) is 0 Å². The van der Waals surface area contributed by atoms with Crippen molar-refractivity contribution in [3.05, 3.63) is 34.9 Å². The predicted octanol–water partition coefficient (Wildman–Crippen LogP) is 2.90. The topological polar surface area (TPSA) is 48.9 Å². The fraction of sp³-hybridized carbons (Fsp3) is 0.611. The van der Waals surface area contributed by atoms with E-state index in [-0.39, 0.29) is 30.0 Å². The van der Waals surface area contributed by atoms with E-state index in [0.29, 0.717) is 6.04 Å². The molecule has 1 aliphatic carbocycles. The number of rotatable bonds is 5. The van der Waals surface area contributed by atoms with Gasteiger partial charge in [0.1, 0.15) is 0 Å². The number of nitrogens with one attached hydrogen (secondary N) is 2. The van der Waals surface area contributed by atoms with Crippen molar-refractivity contribution in [3.63, 3.8) is 0 Å². The van der Waals surface area contributed by atoms with Crippen LogP contribution in [-0.4, -0.2) is 56.8 Å². The summed E-state index contributed by atoms with van der Waals surface area (Å²) in [5.41, 5.74) is 1.27. The maximum Gasteiger partial charge on any atom is 0.191 e. The minimum atomic E-state index is 0. The average Bonchev–Trinajstić information content (AvgIpc) is 3.31. The first kappa shape index (κ1) is 20.7. The zero-order valence-electron chi connectivity index (χ0n) is 14.9. The average molecular weight is 479 g/mol. The molecular weight excluding hydrogens is 451 g/mol. The van der Waals surface area contributed by atoms with Crippen molar-refractivity contribution in [2.75, 3.05) is 39.9 Å². The van der Waals surface area contributed by atoms with E-state index < -0.39 is 0 Å². The minimum absolute atomic E-state index is 0. The molecule has 0 spiro atoms. The monoisotopic (exact) mass is 478 g/mol. The molecular formula is C18H28ClIN4O. The van der Waals surface area contributed by atoms with Crippen LogP contribution in [-0.2, 0) is 4.74 Å². The van der Waals surface area contributed by atoms with Gasteiger partial charge in [-0.1, -0.05) is 30.7 Å². The summed E-state index contributed by atoms with van der Waals surface area (Å²) in [6.45, 7) is 6.53. The van der Waals surface area contributed by atoms with Gasteiger partial charge in [-0.2, -0.15) is 0 Å². The highest BCUT2D eigenvalue weighted by atomic mass is 127. The molecule has 2 aliphatic rings. The van der Waals surface area contributed by atoms with E-state index >= 15 is 0 Å². The molecule has 1 aromatic rings. The Bertz CT molecular complexity index is 563. The van der Waals surface area contributed by atoms with Crippen molar-refractivity contribution in [2.24, 2.45) is 10.9 Å². The maximum atomic E-state index is 6.05. The number of aliphatic imine (C=N–C) groups is 1. The van der Waals surface area contributed by atoms with Gasteiger partial charge in [0.15, 0.2) is 5.96 Å². The normalized spacial score (nSPS) is 25.0. The highest BCUT2D eigenvalue weighted by Crippen LogP contribution is 2.29. The van der Waals surface area contributed by atoms with Crippen molar-refractivity contribution in [3.8, 4) is 0 Å². The molecule has 0 amide bonds. The van der Waals surface area contributed by atoms with Gasteiger partial charge in [-0.05, 0) is 30.0 Å². The van der Waals surface area contributed by atoms with E-state index in [4.69, 9.17) is 16.3 Å². The number of morpholine rings is 1. The van der Waals surface area contributed by atoms with Crippen molar-refractivity contribution < 1.29 is 4.74 Å². The second-order valence-corrected chi connectivity index (χ2v) is 7.07. The fourth-order valence-electron chi connectivity index (χ4n) is 3.12. The Kier molecular flexibility index (Phi) is 8.25. The Morgan fingerprint density at radius 2 is 1.96 bits per heavy atom. The number of hydrogen-bond acceptors (Lipinski definition) is 3. The largest absolute Gasteiger partial charge is 0.379 e. The second kappa shape index (κ2) is 9.94. The van der Waals surface area contributed by atoms with Gasteiger partial charge < -0.3 is 15.4 Å². The van der Waals surface area contributed by atoms with Gasteiger partial charge in [-0.3, -0.25) is 9.89 Å². The van der Waals surface area contributed by atoms with Gasteiger partial charge in [-0.25, -0.2) is 0 Å². The number of hydrogen-bond donors (Lipinski definition) is 2. The SMILES string of the molecule is CN=C(NCC(c1ccc(Cl)cc1)N1CCOCC1)NC1CC1C.I. The Morgan fingerprint density at radius 3 is 2.52 bits per heavy atom. The first-order valence-electron chi connectivity index (χ1n) is 8.72. The first-order chi connectivity index (χ1) is 11.7. The van der Waals surface area contributed by atoms with Gasteiger partial charge in [0, 0.05) is 37.7 Å². The molecule has 0 bridgehead atoms. The van der Waals surface area contributed by atoms with Gasteiger partial charge in [0.05, 0.1) is 19.3 Å². The van der Waals surface area contributed by atoms with Crippen molar-refractivity contribution in [1.29, 1.82) is 0 Å². The molecule has 3 rings (SSSR count). The summed E-state index contributed by atoms with van der Waals surface area (Å²) in [7, 11) is 1.83.